The normalized spacial score (nSPS) is 16.7. The minimum absolute atomic E-state index is 0.0781. The van der Waals surface area contributed by atoms with Crippen molar-refractivity contribution in [3.05, 3.63) is 29.3 Å². The van der Waals surface area contributed by atoms with Crippen molar-refractivity contribution < 1.29 is 13.5 Å². The Morgan fingerprint density at radius 2 is 2.10 bits per heavy atom. The number of sulfonamides is 1. The van der Waals surface area contributed by atoms with E-state index in [4.69, 9.17) is 5.11 Å². The second-order valence-corrected chi connectivity index (χ2v) is 7.68. The van der Waals surface area contributed by atoms with Gasteiger partial charge in [0.2, 0.25) is 10.0 Å². The highest BCUT2D eigenvalue weighted by Crippen LogP contribution is 2.39. The molecule has 0 radical (unpaired) electrons. The number of hydrogen-bond acceptors (Lipinski definition) is 3. The molecule has 21 heavy (non-hydrogen) atoms. The first-order valence-electron chi connectivity index (χ1n) is 7.06. The molecule has 1 aliphatic carbocycles. The molecule has 4 nitrogen and oxygen atoms in total. The van der Waals surface area contributed by atoms with E-state index < -0.39 is 10.0 Å². The van der Waals surface area contributed by atoms with Crippen molar-refractivity contribution in [3.8, 4) is 11.8 Å². The van der Waals surface area contributed by atoms with Crippen LogP contribution < -0.4 is 4.72 Å². The third-order valence-electron chi connectivity index (χ3n) is 3.98. The monoisotopic (exact) mass is 307 g/mol. The maximum Gasteiger partial charge on any atom is 0.241 e. The summed E-state index contributed by atoms with van der Waals surface area (Å²) in [6.07, 6.45) is 3.27. The van der Waals surface area contributed by atoms with Crippen molar-refractivity contribution in [2.75, 3.05) is 13.2 Å². The van der Waals surface area contributed by atoms with Crippen molar-refractivity contribution in [1.29, 1.82) is 0 Å². The fraction of sp³-hybridized carbons (Fsp3) is 0.500. The maximum absolute atomic E-state index is 12.5. The Morgan fingerprint density at radius 3 is 2.67 bits per heavy atom. The van der Waals surface area contributed by atoms with E-state index in [1.165, 1.54) is 0 Å². The molecule has 0 aliphatic heterocycles. The van der Waals surface area contributed by atoms with Crippen molar-refractivity contribution in [1.82, 2.24) is 4.72 Å². The highest BCUT2D eigenvalue weighted by atomic mass is 32.2. The predicted octanol–water partition coefficient (Wildman–Crippen LogP) is 1.81. The first-order chi connectivity index (χ1) is 9.86. The molecule has 0 bridgehead atoms. The van der Waals surface area contributed by atoms with Gasteiger partial charge >= 0.3 is 0 Å². The molecule has 1 fully saturated rings. The first-order valence-corrected chi connectivity index (χ1v) is 8.55. The van der Waals surface area contributed by atoms with Crippen molar-refractivity contribution in [3.63, 3.8) is 0 Å². The van der Waals surface area contributed by atoms with Gasteiger partial charge in [-0.2, -0.15) is 0 Å². The van der Waals surface area contributed by atoms with Gasteiger partial charge in [-0.25, -0.2) is 13.1 Å². The molecular weight excluding hydrogens is 286 g/mol. The molecule has 1 aliphatic rings. The summed E-state index contributed by atoms with van der Waals surface area (Å²) in [7, 11) is -3.58. The molecule has 1 aromatic rings. The topological polar surface area (TPSA) is 66.4 Å². The quantitative estimate of drug-likeness (QED) is 0.834. The molecule has 1 aromatic carbocycles. The Labute approximate surface area is 126 Å². The Kier molecular flexibility index (Phi) is 4.72. The van der Waals surface area contributed by atoms with Gasteiger partial charge in [-0.05, 0) is 42.9 Å². The van der Waals surface area contributed by atoms with Gasteiger partial charge in [-0.1, -0.05) is 31.3 Å². The number of rotatable bonds is 4. The van der Waals surface area contributed by atoms with E-state index in [0.29, 0.717) is 12.1 Å². The molecular formula is C16H21NO3S. The van der Waals surface area contributed by atoms with Crippen LogP contribution in [0, 0.1) is 24.2 Å². The van der Waals surface area contributed by atoms with Crippen molar-refractivity contribution in [2.45, 2.75) is 38.0 Å². The van der Waals surface area contributed by atoms with Crippen molar-refractivity contribution in [2.24, 2.45) is 5.41 Å². The van der Waals surface area contributed by atoms with E-state index in [2.05, 4.69) is 23.5 Å². The van der Waals surface area contributed by atoms with Crippen LogP contribution in [-0.2, 0) is 10.0 Å². The van der Waals surface area contributed by atoms with E-state index >= 15 is 0 Å². The number of hydrogen-bond donors (Lipinski definition) is 2. The molecule has 0 heterocycles. The van der Waals surface area contributed by atoms with E-state index in [9.17, 15) is 8.42 Å². The first kappa shape index (κ1) is 16.0. The van der Waals surface area contributed by atoms with Crippen LogP contribution in [0.4, 0.5) is 0 Å². The average Bonchev–Trinajstić information content (AvgIpc) is 2.40. The summed E-state index contributed by atoms with van der Waals surface area (Å²) in [5, 5.41) is 8.80. The summed E-state index contributed by atoms with van der Waals surface area (Å²) in [6, 6.07) is 5.05. The van der Waals surface area contributed by atoms with Crippen LogP contribution in [0.2, 0.25) is 0 Å². The Hall–Kier alpha value is -1.35. The maximum atomic E-state index is 12.5. The van der Waals surface area contributed by atoms with Crippen LogP contribution in [-0.4, -0.2) is 26.7 Å². The van der Waals surface area contributed by atoms with E-state index in [1.807, 2.05) is 6.92 Å². The fourth-order valence-corrected chi connectivity index (χ4v) is 3.76. The number of aryl methyl sites for hydroxylation is 1. The lowest BCUT2D eigenvalue weighted by Gasteiger charge is -2.38. The van der Waals surface area contributed by atoms with E-state index in [-0.39, 0.29) is 16.9 Å². The molecule has 0 unspecified atom stereocenters. The molecule has 0 aromatic heterocycles. The van der Waals surface area contributed by atoms with Crippen LogP contribution in [0.1, 0.15) is 37.3 Å². The highest BCUT2D eigenvalue weighted by molar-refractivity contribution is 7.89. The Balaban J connectivity index is 2.26. The van der Waals surface area contributed by atoms with Gasteiger partial charge < -0.3 is 5.11 Å². The van der Waals surface area contributed by atoms with Crippen LogP contribution in [0.5, 0.6) is 0 Å². The third kappa shape index (κ3) is 3.85. The molecule has 0 saturated heterocycles. The molecule has 0 spiro atoms. The minimum atomic E-state index is -3.58. The summed E-state index contributed by atoms with van der Waals surface area (Å²) in [5.41, 5.74) is 1.44. The average molecular weight is 307 g/mol. The number of aliphatic hydroxyl groups is 1. The summed E-state index contributed by atoms with van der Waals surface area (Å²) in [4.78, 5) is 0.178. The van der Waals surface area contributed by atoms with Gasteiger partial charge in [0, 0.05) is 12.1 Å². The third-order valence-corrected chi connectivity index (χ3v) is 5.44. The molecule has 0 atom stereocenters. The van der Waals surface area contributed by atoms with Gasteiger partial charge in [-0.3, -0.25) is 0 Å². The molecule has 114 valence electrons. The second-order valence-electron chi connectivity index (χ2n) is 5.95. The van der Waals surface area contributed by atoms with Crippen LogP contribution in [0.15, 0.2) is 23.1 Å². The Bertz CT molecular complexity index is 679. The molecule has 0 amide bonds. The standard InChI is InChI=1S/C16H21NO3S/c1-13-6-7-15(14(11-13)5-3-10-18)21(19,20)17-12-16(2)8-4-9-16/h6-7,11,17-18H,4,8-10,12H2,1-2H3. The van der Waals surface area contributed by atoms with Gasteiger partial charge in [0.1, 0.15) is 6.61 Å². The Morgan fingerprint density at radius 1 is 1.38 bits per heavy atom. The molecule has 2 rings (SSSR count). The number of aliphatic hydroxyl groups excluding tert-OH is 1. The summed E-state index contributed by atoms with van der Waals surface area (Å²) < 4.78 is 27.6. The zero-order valence-corrected chi connectivity index (χ0v) is 13.3. The predicted molar refractivity (Wildman–Crippen MR) is 82.3 cm³/mol. The zero-order chi connectivity index (χ0) is 15.5. The highest BCUT2D eigenvalue weighted by Gasteiger charge is 2.33. The SMILES string of the molecule is Cc1ccc(S(=O)(=O)NCC2(C)CCC2)c(C#CCO)c1. The number of nitrogens with one attached hydrogen (secondary N) is 1. The lowest BCUT2D eigenvalue weighted by molar-refractivity contribution is 0.166. The minimum Gasteiger partial charge on any atom is -0.384 e. The van der Waals surface area contributed by atoms with Crippen LogP contribution >= 0.6 is 0 Å². The van der Waals surface area contributed by atoms with Crippen molar-refractivity contribution >= 4 is 10.0 Å². The lowest BCUT2D eigenvalue weighted by Crippen LogP contribution is -2.40. The van der Waals surface area contributed by atoms with E-state index in [1.54, 1.807) is 18.2 Å². The summed E-state index contributed by atoms with van der Waals surface area (Å²) in [6.45, 7) is 4.14. The van der Waals surface area contributed by atoms with Gasteiger partial charge in [-0.15, -0.1) is 0 Å². The largest absolute Gasteiger partial charge is 0.384 e. The molecule has 2 N–H and O–H groups in total. The van der Waals surface area contributed by atoms with Gasteiger partial charge in [0.25, 0.3) is 0 Å². The van der Waals surface area contributed by atoms with Crippen LogP contribution in [0.3, 0.4) is 0 Å². The van der Waals surface area contributed by atoms with Gasteiger partial charge in [0.05, 0.1) is 4.90 Å². The fourth-order valence-electron chi connectivity index (χ4n) is 2.41. The molecule has 1 saturated carbocycles. The summed E-state index contributed by atoms with van der Waals surface area (Å²) >= 11 is 0. The lowest BCUT2D eigenvalue weighted by atomic mass is 9.71. The van der Waals surface area contributed by atoms with Crippen LogP contribution in [0.25, 0.3) is 0 Å². The zero-order valence-electron chi connectivity index (χ0n) is 12.4. The molecule has 5 heteroatoms. The van der Waals surface area contributed by atoms with E-state index in [0.717, 1.165) is 24.8 Å². The smallest absolute Gasteiger partial charge is 0.241 e. The summed E-state index contributed by atoms with van der Waals surface area (Å²) in [5.74, 6) is 5.23. The second kappa shape index (κ2) is 6.18. The van der Waals surface area contributed by atoms with Gasteiger partial charge in [0.15, 0.2) is 0 Å². The number of benzene rings is 1.